The molecule has 0 aliphatic carbocycles. The first-order chi connectivity index (χ1) is 13.8. The Morgan fingerprint density at radius 2 is 1.93 bits per heavy atom. The first kappa shape index (κ1) is 21.4. The molecule has 1 N–H and O–H groups in total. The normalized spacial score (nSPS) is 16.1. The summed E-state index contributed by atoms with van der Waals surface area (Å²) in [5.41, 5.74) is 1.74. The number of benzene rings is 2. The Morgan fingerprint density at radius 3 is 2.69 bits per heavy atom. The minimum Gasteiger partial charge on any atom is -0.455 e. The number of hydrogen-bond acceptors (Lipinski definition) is 4. The zero-order valence-corrected chi connectivity index (χ0v) is 17.6. The minimum absolute atomic E-state index is 0.00648. The van der Waals surface area contributed by atoms with E-state index >= 15 is 0 Å². The Kier molecular flexibility index (Phi) is 6.67. The maximum Gasteiger partial charge on any atom is 0.311 e. The number of amides is 2. The Balaban J connectivity index is 1.57. The van der Waals surface area contributed by atoms with E-state index in [0.717, 1.165) is 5.56 Å². The van der Waals surface area contributed by atoms with Gasteiger partial charge in [0, 0.05) is 28.7 Å². The highest BCUT2D eigenvalue weighted by atomic mass is 35.5. The summed E-state index contributed by atoms with van der Waals surface area (Å²) in [5, 5.41) is 3.78. The quantitative estimate of drug-likeness (QED) is 0.674. The number of halogens is 3. The number of ether oxygens (including phenoxy) is 1. The van der Waals surface area contributed by atoms with E-state index in [-0.39, 0.29) is 18.9 Å². The Bertz CT molecular complexity index is 980. The first-order valence-electron chi connectivity index (χ1n) is 8.73. The van der Waals surface area contributed by atoms with Gasteiger partial charge in [-0.1, -0.05) is 40.9 Å². The van der Waals surface area contributed by atoms with Crippen LogP contribution in [0.25, 0.3) is 0 Å². The van der Waals surface area contributed by atoms with E-state index in [1.54, 1.807) is 30.3 Å². The second-order valence-electron chi connectivity index (χ2n) is 6.57. The van der Waals surface area contributed by atoms with E-state index in [1.165, 1.54) is 11.0 Å². The summed E-state index contributed by atoms with van der Waals surface area (Å²) in [6.07, 6.45) is 0.00648. The fraction of sp³-hybridized carbons (Fsp3) is 0.250. The van der Waals surface area contributed by atoms with Gasteiger partial charge in [0.25, 0.3) is 5.91 Å². The molecule has 3 rings (SSSR count). The van der Waals surface area contributed by atoms with Gasteiger partial charge in [-0.25, -0.2) is 0 Å². The zero-order chi connectivity index (χ0) is 21.1. The standard InChI is InChI=1S/C20H17Cl3N2O4/c1-11-14(22)3-2-4-17(11)25-9-12(7-19(25)27)20(28)29-10-18(26)24-16-8-13(21)5-6-15(16)23/h2-6,8,12H,7,9-10H2,1H3,(H,24,26)/t12-/m1/s1. The van der Waals surface area contributed by atoms with Crippen LogP contribution in [-0.4, -0.2) is 30.9 Å². The molecule has 0 radical (unpaired) electrons. The molecular formula is C20H17Cl3N2O4. The Hall–Kier alpha value is -2.28. The average molecular weight is 456 g/mol. The van der Waals surface area contributed by atoms with Crippen molar-refractivity contribution in [2.24, 2.45) is 5.92 Å². The molecule has 9 heteroatoms. The number of nitrogens with zero attached hydrogens (tertiary/aromatic N) is 1. The molecule has 2 aromatic rings. The number of esters is 1. The molecule has 1 fully saturated rings. The van der Waals surface area contributed by atoms with Crippen molar-refractivity contribution in [3.05, 3.63) is 57.0 Å². The molecule has 1 atom stereocenters. The number of anilines is 2. The van der Waals surface area contributed by atoms with Gasteiger partial charge >= 0.3 is 5.97 Å². The largest absolute Gasteiger partial charge is 0.455 e. The van der Waals surface area contributed by atoms with Crippen molar-refractivity contribution in [1.82, 2.24) is 0 Å². The molecule has 1 aliphatic heterocycles. The molecule has 1 aliphatic rings. The van der Waals surface area contributed by atoms with Crippen LogP contribution < -0.4 is 10.2 Å². The summed E-state index contributed by atoms with van der Waals surface area (Å²) in [7, 11) is 0. The van der Waals surface area contributed by atoms with Gasteiger partial charge in [-0.3, -0.25) is 14.4 Å². The lowest BCUT2D eigenvalue weighted by Crippen LogP contribution is -2.28. The van der Waals surface area contributed by atoms with Crippen LogP contribution in [0.15, 0.2) is 36.4 Å². The minimum atomic E-state index is -0.663. The first-order valence-corrected chi connectivity index (χ1v) is 9.86. The van der Waals surface area contributed by atoms with Crippen LogP contribution in [0.4, 0.5) is 11.4 Å². The van der Waals surface area contributed by atoms with Gasteiger partial charge in [-0.05, 0) is 42.8 Å². The van der Waals surface area contributed by atoms with Crippen LogP contribution in [0.2, 0.25) is 15.1 Å². The topological polar surface area (TPSA) is 75.7 Å². The van der Waals surface area contributed by atoms with Gasteiger partial charge in [-0.2, -0.15) is 0 Å². The lowest BCUT2D eigenvalue weighted by atomic mass is 10.1. The lowest BCUT2D eigenvalue weighted by molar-refractivity contribution is -0.151. The van der Waals surface area contributed by atoms with Crippen molar-refractivity contribution in [3.8, 4) is 0 Å². The maximum absolute atomic E-state index is 12.4. The number of carbonyl (C=O) groups excluding carboxylic acids is 3. The zero-order valence-electron chi connectivity index (χ0n) is 15.4. The van der Waals surface area contributed by atoms with Crippen molar-refractivity contribution in [2.45, 2.75) is 13.3 Å². The molecular weight excluding hydrogens is 439 g/mol. The fourth-order valence-electron chi connectivity index (χ4n) is 3.02. The molecule has 0 saturated carbocycles. The van der Waals surface area contributed by atoms with Crippen LogP contribution in [0.1, 0.15) is 12.0 Å². The third-order valence-corrected chi connectivity index (χ3v) is 5.51. The number of nitrogens with one attached hydrogen (secondary N) is 1. The molecule has 0 spiro atoms. The van der Waals surface area contributed by atoms with Crippen molar-refractivity contribution in [2.75, 3.05) is 23.4 Å². The second-order valence-corrected chi connectivity index (χ2v) is 7.82. The van der Waals surface area contributed by atoms with Gasteiger partial charge in [0.1, 0.15) is 0 Å². The molecule has 0 bridgehead atoms. The maximum atomic E-state index is 12.4. The smallest absolute Gasteiger partial charge is 0.311 e. The van der Waals surface area contributed by atoms with Gasteiger partial charge < -0.3 is 15.0 Å². The third kappa shape index (κ3) is 5.01. The van der Waals surface area contributed by atoms with Crippen LogP contribution >= 0.6 is 34.8 Å². The molecule has 0 unspecified atom stereocenters. The predicted molar refractivity (Wildman–Crippen MR) is 113 cm³/mol. The SMILES string of the molecule is Cc1c(Cl)cccc1N1C[C@H](C(=O)OCC(=O)Nc2cc(Cl)ccc2Cl)CC1=O. The highest BCUT2D eigenvalue weighted by molar-refractivity contribution is 6.35. The molecule has 152 valence electrons. The summed E-state index contributed by atoms with van der Waals surface area (Å²) in [6, 6.07) is 9.87. The van der Waals surface area contributed by atoms with Gasteiger partial charge in [0.2, 0.25) is 5.91 Å². The van der Waals surface area contributed by atoms with Crippen LogP contribution in [0.5, 0.6) is 0 Å². The summed E-state index contributed by atoms with van der Waals surface area (Å²) < 4.78 is 5.08. The van der Waals surface area contributed by atoms with Gasteiger partial charge in [-0.15, -0.1) is 0 Å². The second kappa shape index (κ2) is 9.03. The van der Waals surface area contributed by atoms with E-state index in [2.05, 4.69) is 5.32 Å². The monoisotopic (exact) mass is 454 g/mol. The molecule has 29 heavy (non-hydrogen) atoms. The van der Waals surface area contributed by atoms with Crippen LogP contribution in [-0.2, 0) is 19.1 Å². The van der Waals surface area contributed by atoms with E-state index in [1.807, 2.05) is 6.92 Å². The number of rotatable bonds is 5. The number of hydrogen-bond donors (Lipinski definition) is 1. The Morgan fingerprint density at radius 1 is 1.17 bits per heavy atom. The molecule has 2 aromatic carbocycles. The van der Waals surface area contributed by atoms with Crippen molar-refractivity contribution < 1.29 is 19.1 Å². The van der Waals surface area contributed by atoms with E-state index in [9.17, 15) is 14.4 Å². The highest BCUT2D eigenvalue weighted by Crippen LogP contribution is 2.32. The van der Waals surface area contributed by atoms with Crippen molar-refractivity contribution in [3.63, 3.8) is 0 Å². The third-order valence-electron chi connectivity index (χ3n) is 4.54. The van der Waals surface area contributed by atoms with Gasteiger partial charge in [0.15, 0.2) is 6.61 Å². The summed E-state index contributed by atoms with van der Waals surface area (Å²) in [6.45, 7) is 1.48. The van der Waals surface area contributed by atoms with Crippen molar-refractivity contribution >= 4 is 64.0 Å². The summed E-state index contributed by atoms with van der Waals surface area (Å²) in [5.74, 6) is -2.04. The Labute approximate surface area is 182 Å². The van der Waals surface area contributed by atoms with E-state index in [4.69, 9.17) is 39.5 Å². The lowest BCUT2D eigenvalue weighted by Gasteiger charge is -2.19. The highest BCUT2D eigenvalue weighted by Gasteiger charge is 2.37. The molecule has 0 aromatic heterocycles. The van der Waals surface area contributed by atoms with E-state index < -0.39 is 24.4 Å². The summed E-state index contributed by atoms with van der Waals surface area (Å²) >= 11 is 18.0. The molecule has 2 amide bonds. The van der Waals surface area contributed by atoms with E-state index in [0.29, 0.717) is 26.4 Å². The molecule has 1 heterocycles. The molecule has 6 nitrogen and oxygen atoms in total. The molecule has 1 saturated heterocycles. The summed E-state index contributed by atoms with van der Waals surface area (Å²) in [4.78, 5) is 38.3. The number of carbonyl (C=O) groups is 3. The van der Waals surface area contributed by atoms with Crippen LogP contribution in [0.3, 0.4) is 0 Å². The van der Waals surface area contributed by atoms with Crippen LogP contribution in [0, 0.1) is 12.8 Å². The predicted octanol–water partition coefficient (Wildman–Crippen LogP) is 4.49. The van der Waals surface area contributed by atoms with Gasteiger partial charge in [0.05, 0.1) is 16.6 Å². The van der Waals surface area contributed by atoms with Crippen molar-refractivity contribution in [1.29, 1.82) is 0 Å². The fourth-order valence-corrected chi connectivity index (χ4v) is 3.53. The average Bonchev–Trinajstić information content (AvgIpc) is 3.06.